The van der Waals surface area contributed by atoms with Crippen molar-refractivity contribution in [3.8, 4) is 22.4 Å². The topological polar surface area (TPSA) is 46.8 Å². The highest BCUT2D eigenvalue weighted by Crippen LogP contribution is 2.28. The van der Waals surface area contributed by atoms with Gasteiger partial charge in [0.05, 0.1) is 31.0 Å². The maximum Gasteiger partial charge on any atom is 0.228 e. The molecule has 2 aromatic carbocycles. The molecule has 1 aliphatic heterocycles. The van der Waals surface area contributed by atoms with Crippen LogP contribution in [0.4, 0.5) is 0 Å². The van der Waals surface area contributed by atoms with E-state index in [2.05, 4.69) is 35.4 Å². The number of hydrogen-bond donors (Lipinski definition) is 0. The molecule has 32 heavy (non-hydrogen) atoms. The molecule has 2 aromatic heterocycles. The molecule has 0 unspecified atom stereocenters. The lowest BCUT2D eigenvalue weighted by molar-refractivity contribution is -0.134. The molecular formula is C27H25N3O2. The molecule has 5 nitrogen and oxygen atoms in total. The van der Waals surface area contributed by atoms with Crippen LogP contribution in [0.3, 0.4) is 0 Å². The predicted octanol–water partition coefficient (Wildman–Crippen LogP) is 4.71. The molecule has 0 spiro atoms. The molecular weight excluding hydrogens is 398 g/mol. The summed E-state index contributed by atoms with van der Waals surface area (Å²) < 4.78 is 7.48. The summed E-state index contributed by atoms with van der Waals surface area (Å²) in [5, 5.41) is 0. The molecule has 1 saturated heterocycles. The number of imidazole rings is 1. The molecule has 0 aliphatic carbocycles. The maximum absolute atomic E-state index is 13.2. The number of hydrogen-bond acceptors (Lipinski definition) is 3. The molecule has 5 rings (SSSR count). The van der Waals surface area contributed by atoms with E-state index in [0.29, 0.717) is 26.3 Å². The number of benzene rings is 2. The van der Waals surface area contributed by atoms with Gasteiger partial charge in [0, 0.05) is 24.8 Å². The Labute approximate surface area is 187 Å². The Balaban J connectivity index is 1.61. The molecule has 1 amide bonds. The number of morpholine rings is 1. The quantitative estimate of drug-likeness (QED) is 0.467. The van der Waals surface area contributed by atoms with Gasteiger partial charge in [-0.3, -0.25) is 4.79 Å². The van der Waals surface area contributed by atoms with Crippen molar-refractivity contribution < 1.29 is 9.53 Å². The first-order chi connectivity index (χ1) is 15.7. The van der Waals surface area contributed by atoms with Crippen molar-refractivity contribution >= 4 is 17.6 Å². The van der Waals surface area contributed by atoms with Gasteiger partial charge < -0.3 is 14.0 Å². The number of nitrogens with zero attached hydrogens (tertiary/aromatic N) is 3. The minimum absolute atomic E-state index is 0.101. The van der Waals surface area contributed by atoms with Gasteiger partial charge in [-0.15, -0.1) is 0 Å². The number of carbonyl (C=O) groups is 1. The van der Waals surface area contributed by atoms with E-state index in [0.717, 1.165) is 39.3 Å². The first-order valence-corrected chi connectivity index (χ1v) is 10.9. The summed E-state index contributed by atoms with van der Waals surface area (Å²) in [7, 11) is 0. The van der Waals surface area contributed by atoms with Gasteiger partial charge in [0.2, 0.25) is 5.91 Å². The van der Waals surface area contributed by atoms with Crippen LogP contribution < -0.4 is 0 Å². The summed E-state index contributed by atoms with van der Waals surface area (Å²) in [6.45, 7) is 6.28. The average Bonchev–Trinajstić information content (AvgIpc) is 3.22. The Morgan fingerprint density at radius 2 is 1.66 bits per heavy atom. The van der Waals surface area contributed by atoms with Crippen LogP contribution in [0.25, 0.3) is 34.1 Å². The smallest absolute Gasteiger partial charge is 0.228 e. The van der Waals surface area contributed by atoms with Crippen LogP contribution in [0.2, 0.25) is 0 Å². The highest BCUT2D eigenvalue weighted by Gasteiger charge is 2.22. The monoisotopic (exact) mass is 423 g/mol. The fourth-order valence-corrected chi connectivity index (χ4v) is 4.14. The number of carbonyl (C=O) groups excluding carboxylic acids is 1. The zero-order valence-corrected chi connectivity index (χ0v) is 17.9. The first-order valence-electron chi connectivity index (χ1n) is 10.9. The van der Waals surface area contributed by atoms with Crippen LogP contribution in [-0.2, 0) is 16.0 Å². The third-order valence-electron chi connectivity index (χ3n) is 5.93. The molecule has 1 aliphatic rings. The SMILES string of the molecule is C=Cc1ccc(-c2nc3ccc(-c4ccccc4)cn3c2CC(=O)N2CCOCC2)cc1. The lowest BCUT2D eigenvalue weighted by Crippen LogP contribution is -2.41. The van der Waals surface area contributed by atoms with Gasteiger partial charge in [0.25, 0.3) is 0 Å². The van der Waals surface area contributed by atoms with Crippen LogP contribution >= 0.6 is 0 Å². The standard InChI is InChI=1S/C27H25N3O2/c1-2-20-8-10-22(11-9-20)27-24(18-26(31)29-14-16-32-17-15-29)30-19-23(12-13-25(30)28-27)21-6-4-3-5-7-21/h2-13,19H,1,14-18H2. The number of aromatic nitrogens is 2. The van der Waals surface area contributed by atoms with E-state index >= 15 is 0 Å². The Morgan fingerprint density at radius 3 is 2.38 bits per heavy atom. The Bertz CT molecular complexity index is 1250. The summed E-state index contributed by atoms with van der Waals surface area (Å²) in [4.78, 5) is 20.0. The largest absolute Gasteiger partial charge is 0.378 e. The second kappa shape index (κ2) is 8.81. The van der Waals surface area contributed by atoms with Gasteiger partial charge in [-0.1, -0.05) is 67.3 Å². The molecule has 4 aromatic rings. The van der Waals surface area contributed by atoms with Gasteiger partial charge in [0.1, 0.15) is 5.65 Å². The van der Waals surface area contributed by atoms with E-state index in [1.54, 1.807) is 0 Å². The second-order valence-corrected chi connectivity index (χ2v) is 7.92. The number of amides is 1. The summed E-state index contributed by atoms with van der Waals surface area (Å²) in [5.74, 6) is 0.101. The van der Waals surface area contributed by atoms with E-state index in [4.69, 9.17) is 9.72 Å². The van der Waals surface area contributed by atoms with Crippen LogP contribution in [0.1, 0.15) is 11.3 Å². The average molecular weight is 424 g/mol. The fraction of sp³-hybridized carbons (Fsp3) is 0.185. The molecule has 0 radical (unpaired) electrons. The van der Waals surface area contributed by atoms with E-state index < -0.39 is 0 Å². The van der Waals surface area contributed by atoms with Crippen LogP contribution in [-0.4, -0.2) is 46.5 Å². The highest BCUT2D eigenvalue weighted by molar-refractivity contribution is 5.82. The van der Waals surface area contributed by atoms with Gasteiger partial charge in [-0.05, 0) is 28.8 Å². The van der Waals surface area contributed by atoms with Gasteiger partial charge >= 0.3 is 0 Å². The van der Waals surface area contributed by atoms with E-state index in [1.165, 1.54) is 0 Å². The normalized spacial score (nSPS) is 13.9. The van der Waals surface area contributed by atoms with Crippen molar-refractivity contribution in [3.05, 3.63) is 90.8 Å². The van der Waals surface area contributed by atoms with Gasteiger partial charge in [-0.2, -0.15) is 0 Å². The van der Waals surface area contributed by atoms with Crippen molar-refractivity contribution in [2.75, 3.05) is 26.3 Å². The number of fused-ring (bicyclic) bond motifs is 1. The lowest BCUT2D eigenvalue weighted by Gasteiger charge is -2.27. The molecule has 0 saturated carbocycles. The minimum atomic E-state index is 0.101. The van der Waals surface area contributed by atoms with Gasteiger partial charge in [0.15, 0.2) is 0 Å². The highest BCUT2D eigenvalue weighted by atomic mass is 16.5. The van der Waals surface area contributed by atoms with Crippen molar-refractivity contribution in [1.82, 2.24) is 14.3 Å². The van der Waals surface area contributed by atoms with Crippen molar-refractivity contribution in [2.45, 2.75) is 6.42 Å². The van der Waals surface area contributed by atoms with E-state index in [-0.39, 0.29) is 12.3 Å². The zero-order chi connectivity index (χ0) is 21.9. The molecule has 0 atom stereocenters. The molecule has 1 fully saturated rings. The van der Waals surface area contributed by atoms with E-state index in [9.17, 15) is 4.79 Å². The molecule has 5 heteroatoms. The van der Waals surface area contributed by atoms with Crippen LogP contribution in [0.5, 0.6) is 0 Å². The minimum Gasteiger partial charge on any atom is -0.378 e. The number of ether oxygens (including phenoxy) is 1. The predicted molar refractivity (Wildman–Crippen MR) is 127 cm³/mol. The molecule has 0 bridgehead atoms. The Kier molecular flexibility index (Phi) is 5.57. The van der Waals surface area contributed by atoms with Crippen LogP contribution in [0.15, 0.2) is 79.5 Å². The summed E-state index contributed by atoms with van der Waals surface area (Å²) >= 11 is 0. The van der Waals surface area contributed by atoms with Crippen LogP contribution in [0, 0.1) is 0 Å². The summed E-state index contributed by atoms with van der Waals surface area (Å²) in [5.41, 5.74) is 6.83. The van der Waals surface area contributed by atoms with Gasteiger partial charge in [-0.25, -0.2) is 4.98 Å². The summed E-state index contributed by atoms with van der Waals surface area (Å²) in [6, 6.07) is 22.5. The second-order valence-electron chi connectivity index (χ2n) is 7.92. The van der Waals surface area contributed by atoms with Crippen molar-refractivity contribution in [3.63, 3.8) is 0 Å². The number of pyridine rings is 1. The lowest BCUT2D eigenvalue weighted by atomic mass is 10.1. The third kappa shape index (κ3) is 3.95. The molecule has 0 N–H and O–H groups in total. The molecule has 3 heterocycles. The van der Waals surface area contributed by atoms with Crippen molar-refractivity contribution in [2.24, 2.45) is 0 Å². The fourth-order valence-electron chi connectivity index (χ4n) is 4.14. The Morgan fingerprint density at radius 1 is 0.938 bits per heavy atom. The van der Waals surface area contributed by atoms with Crippen molar-refractivity contribution in [1.29, 1.82) is 0 Å². The Hall–Kier alpha value is -3.70. The zero-order valence-electron chi connectivity index (χ0n) is 17.9. The summed E-state index contributed by atoms with van der Waals surface area (Å²) in [6.07, 6.45) is 4.20. The third-order valence-corrected chi connectivity index (χ3v) is 5.93. The maximum atomic E-state index is 13.2. The number of rotatable bonds is 5. The first kappa shape index (κ1) is 20.2. The van der Waals surface area contributed by atoms with E-state index in [1.807, 2.05) is 59.5 Å². The molecule has 160 valence electrons.